The molecule has 0 unspecified atom stereocenters. The first-order valence-electron chi connectivity index (χ1n) is 9.85. The van der Waals surface area contributed by atoms with E-state index in [4.69, 9.17) is 9.15 Å². The topological polar surface area (TPSA) is 64.4 Å². The van der Waals surface area contributed by atoms with Crippen LogP contribution in [0.4, 0.5) is 5.69 Å². The number of anilines is 1. The van der Waals surface area contributed by atoms with Crippen molar-refractivity contribution in [2.45, 2.75) is 0 Å². The molecule has 5 heteroatoms. The monoisotopic (exact) mass is 406 g/mol. The van der Waals surface area contributed by atoms with Crippen LogP contribution in [0.3, 0.4) is 0 Å². The number of aromatic nitrogens is 1. The molecule has 0 aliphatic carbocycles. The van der Waals surface area contributed by atoms with E-state index in [9.17, 15) is 4.79 Å². The van der Waals surface area contributed by atoms with Crippen LogP contribution in [-0.2, 0) is 0 Å². The molecule has 1 amide bonds. The molecule has 150 valence electrons. The van der Waals surface area contributed by atoms with E-state index in [1.807, 2.05) is 84.9 Å². The maximum atomic E-state index is 12.8. The standard InChI is InChI=1S/C26H18N2O3/c29-25(18-8-7-13-22(17-18)30-21-11-2-1-3-12-21)27-20-10-6-9-19(16-20)26-28-23-14-4-5-15-24(23)31-26/h1-17H,(H,27,29). The van der Waals surface area contributed by atoms with Crippen LogP contribution in [0.2, 0.25) is 0 Å². The fraction of sp³-hybridized carbons (Fsp3) is 0. The molecule has 1 aromatic heterocycles. The second-order valence-electron chi connectivity index (χ2n) is 6.96. The fourth-order valence-corrected chi connectivity index (χ4v) is 3.25. The van der Waals surface area contributed by atoms with Crippen LogP contribution in [0, 0.1) is 0 Å². The van der Waals surface area contributed by atoms with Crippen LogP contribution < -0.4 is 10.1 Å². The number of amides is 1. The molecule has 1 N–H and O–H groups in total. The highest BCUT2D eigenvalue weighted by Crippen LogP contribution is 2.27. The second-order valence-corrected chi connectivity index (χ2v) is 6.96. The lowest BCUT2D eigenvalue weighted by molar-refractivity contribution is 0.102. The van der Waals surface area contributed by atoms with Crippen molar-refractivity contribution in [1.29, 1.82) is 0 Å². The Kier molecular flexibility index (Phi) is 4.91. The molecule has 0 spiro atoms. The highest BCUT2D eigenvalue weighted by Gasteiger charge is 2.11. The number of carbonyl (C=O) groups excluding carboxylic acids is 1. The lowest BCUT2D eigenvalue weighted by atomic mass is 10.1. The minimum Gasteiger partial charge on any atom is -0.457 e. The van der Waals surface area contributed by atoms with Gasteiger partial charge in [-0.25, -0.2) is 4.98 Å². The summed E-state index contributed by atoms with van der Waals surface area (Å²) in [5.74, 6) is 1.59. The minimum absolute atomic E-state index is 0.228. The van der Waals surface area contributed by atoms with Gasteiger partial charge in [-0.05, 0) is 60.7 Å². The predicted octanol–water partition coefficient (Wildman–Crippen LogP) is 6.54. The normalized spacial score (nSPS) is 10.7. The highest BCUT2D eigenvalue weighted by atomic mass is 16.5. The molecule has 0 fully saturated rings. The van der Waals surface area contributed by atoms with Crippen LogP contribution in [0.25, 0.3) is 22.6 Å². The number of carbonyl (C=O) groups is 1. The maximum Gasteiger partial charge on any atom is 0.255 e. The summed E-state index contributed by atoms with van der Waals surface area (Å²) in [4.78, 5) is 17.3. The van der Waals surface area contributed by atoms with E-state index in [1.54, 1.807) is 18.2 Å². The number of benzene rings is 4. The average Bonchev–Trinajstić information content (AvgIpc) is 3.25. The highest BCUT2D eigenvalue weighted by molar-refractivity contribution is 6.04. The number of hydrogen-bond acceptors (Lipinski definition) is 4. The second kappa shape index (κ2) is 8.16. The summed E-state index contributed by atoms with van der Waals surface area (Å²) in [6.07, 6.45) is 0. The van der Waals surface area contributed by atoms with Crippen LogP contribution in [0.5, 0.6) is 11.5 Å². The summed E-state index contributed by atoms with van der Waals surface area (Å²) in [6.45, 7) is 0. The van der Waals surface area contributed by atoms with E-state index in [2.05, 4.69) is 10.3 Å². The zero-order valence-corrected chi connectivity index (χ0v) is 16.5. The lowest BCUT2D eigenvalue weighted by Gasteiger charge is -2.09. The summed E-state index contributed by atoms with van der Waals surface area (Å²) in [6, 6.07) is 31.5. The lowest BCUT2D eigenvalue weighted by Crippen LogP contribution is -2.11. The summed E-state index contributed by atoms with van der Waals surface area (Å²) in [7, 11) is 0. The third-order valence-electron chi connectivity index (χ3n) is 4.74. The third kappa shape index (κ3) is 4.16. The zero-order chi connectivity index (χ0) is 21.0. The Balaban J connectivity index is 1.35. The Morgan fingerprint density at radius 2 is 1.55 bits per heavy atom. The Morgan fingerprint density at radius 3 is 2.42 bits per heavy atom. The van der Waals surface area contributed by atoms with E-state index < -0.39 is 0 Å². The molecular formula is C26H18N2O3. The molecule has 0 atom stereocenters. The number of nitrogens with zero attached hydrogens (tertiary/aromatic N) is 1. The van der Waals surface area contributed by atoms with Crippen molar-refractivity contribution in [3.05, 3.63) is 109 Å². The van der Waals surface area contributed by atoms with Crippen LogP contribution >= 0.6 is 0 Å². The molecular weight excluding hydrogens is 388 g/mol. The van der Waals surface area contributed by atoms with Gasteiger partial charge < -0.3 is 14.5 Å². The van der Waals surface area contributed by atoms with Crippen molar-refractivity contribution in [3.63, 3.8) is 0 Å². The molecule has 1 heterocycles. The summed E-state index contributed by atoms with van der Waals surface area (Å²) in [5, 5.41) is 2.93. The number of ether oxygens (including phenoxy) is 1. The molecule has 0 saturated heterocycles. The van der Waals surface area contributed by atoms with Crippen molar-refractivity contribution in [2.24, 2.45) is 0 Å². The number of fused-ring (bicyclic) bond motifs is 1. The van der Waals surface area contributed by atoms with Crippen LogP contribution in [0.1, 0.15) is 10.4 Å². The van der Waals surface area contributed by atoms with Crippen molar-refractivity contribution >= 4 is 22.7 Å². The molecule has 0 radical (unpaired) electrons. The minimum atomic E-state index is -0.228. The summed E-state index contributed by atoms with van der Waals surface area (Å²) >= 11 is 0. The first-order valence-corrected chi connectivity index (χ1v) is 9.85. The molecule has 4 aromatic carbocycles. The van der Waals surface area contributed by atoms with Crippen molar-refractivity contribution in [3.8, 4) is 23.0 Å². The largest absolute Gasteiger partial charge is 0.457 e. The van der Waals surface area contributed by atoms with Crippen molar-refractivity contribution in [1.82, 2.24) is 4.98 Å². The number of hydrogen-bond donors (Lipinski definition) is 1. The quantitative estimate of drug-likeness (QED) is 0.360. The number of para-hydroxylation sites is 3. The molecule has 5 rings (SSSR count). The zero-order valence-electron chi connectivity index (χ0n) is 16.5. The maximum absolute atomic E-state index is 12.8. The van der Waals surface area contributed by atoms with Gasteiger partial charge in [0.1, 0.15) is 17.0 Å². The molecule has 0 aliphatic rings. The molecule has 0 aliphatic heterocycles. The Bertz CT molecular complexity index is 1330. The van der Waals surface area contributed by atoms with Gasteiger partial charge in [0.2, 0.25) is 5.89 Å². The molecule has 5 aromatic rings. The third-order valence-corrected chi connectivity index (χ3v) is 4.74. The van der Waals surface area contributed by atoms with Crippen molar-refractivity contribution in [2.75, 3.05) is 5.32 Å². The Morgan fingerprint density at radius 1 is 0.774 bits per heavy atom. The van der Waals surface area contributed by atoms with Gasteiger partial charge in [-0.15, -0.1) is 0 Å². The number of oxazole rings is 1. The van der Waals surface area contributed by atoms with E-state index in [0.717, 1.165) is 16.7 Å². The van der Waals surface area contributed by atoms with Crippen LogP contribution in [0.15, 0.2) is 108 Å². The van der Waals surface area contributed by atoms with E-state index in [-0.39, 0.29) is 5.91 Å². The smallest absolute Gasteiger partial charge is 0.255 e. The summed E-state index contributed by atoms with van der Waals surface area (Å²) < 4.78 is 11.7. The predicted molar refractivity (Wildman–Crippen MR) is 120 cm³/mol. The average molecular weight is 406 g/mol. The van der Waals surface area contributed by atoms with Gasteiger partial charge in [-0.3, -0.25) is 4.79 Å². The van der Waals surface area contributed by atoms with E-state index >= 15 is 0 Å². The van der Waals surface area contributed by atoms with Gasteiger partial charge in [0.15, 0.2) is 5.58 Å². The Labute approximate surface area is 178 Å². The van der Waals surface area contributed by atoms with E-state index in [0.29, 0.717) is 28.6 Å². The molecule has 31 heavy (non-hydrogen) atoms. The molecule has 5 nitrogen and oxygen atoms in total. The van der Waals surface area contributed by atoms with Gasteiger partial charge >= 0.3 is 0 Å². The van der Waals surface area contributed by atoms with Gasteiger partial charge in [-0.1, -0.05) is 42.5 Å². The van der Waals surface area contributed by atoms with Crippen molar-refractivity contribution < 1.29 is 13.9 Å². The summed E-state index contributed by atoms with van der Waals surface area (Å²) in [5.41, 5.74) is 3.46. The van der Waals surface area contributed by atoms with Crippen LogP contribution in [-0.4, -0.2) is 10.9 Å². The fourth-order valence-electron chi connectivity index (χ4n) is 3.25. The first kappa shape index (κ1) is 18.6. The van der Waals surface area contributed by atoms with Gasteiger partial charge in [0.25, 0.3) is 5.91 Å². The van der Waals surface area contributed by atoms with Gasteiger partial charge in [0, 0.05) is 16.8 Å². The van der Waals surface area contributed by atoms with Gasteiger partial charge in [-0.2, -0.15) is 0 Å². The number of nitrogens with one attached hydrogen (secondary N) is 1. The SMILES string of the molecule is O=C(Nc1cccc(-c2nc3ccccc3o2)c1)c1cccc(Oc2ccccc2)c1. The van der Waals surface area contributed by atoms with E-state index in [1.165, 1.54) is 0 Å². The number of rotatable bonds is 5. The first-order chi connectivity index (χ1) is 15.2. The molecule has 0 bridgehead atoms. The molecule has 0 saturated carbocycles. The van der Waals surface area contributed by atoms with Gasteiger partial charge in [0.05, 0.1) is 0 Å². The Hall–Kier alpha value is -4.38.